The van der Waals surface area contributed by atoms with E-state index >= 15 is 0 Å². The maximum atomic E-state index is 12.3. The van der Waals surface area contributed by atoms with Gasteiger partial charge in [0.25, 0.3) is 5.91 Å². The molecule has 5 nitrogen and oxygen atoms in total. The fourth-order valence-corrected chi connectivity index (χ4v) is 3.58. The van der Waals surface area contributed by atoms with Gasteiger partial charge in [0.1, 0.15) is 5.82 Å². The Labute approximate surface area is 127 Å². The lowest BCUT2D eigenvalue weighted by atomic mass is 10.1. The zero-order valence-electron chi connectivity index (χ0n) is 12.0. The molecular formula is C15H18N4OS. The number of pyridine rings is 1. The van der Waals surface area contributed by atoms with Crippen LogP contribution in [0.15, 0.2) is 12.1 Å². The van der Waals surface area contributed by atoms with Crippen LogP contribution in [0.25, 0.3) is 0 Å². The molecule has 110 valence electrons. The van der Waals surface area contributed by atoms with E-state index in [0.717, 1.165) is 37.1 Å². The Morgan fingerprint density at radius 1 is 1.38 bits per heavy atom. The van der Waals surface area contributed by atoms with Crippen LogP contribution in [0.2, 0.25) is 0 Å². The summed E-state index contributed by atoms with van der Waals surface area (Å²) in [4.78, 5) is 22.3. The van der Waals surface area contributed by atoms with E-state index < -0.39 is 0 Å². The second-order valence-corrected chi connectivity index (χ2v) is 6.30. The molecule has 0 aliphatic heterocycles. The molecule has 2 aromatic rings. The van der Waals surface area contributed by atoms with Crippen LogP contribution in [0.5, 0.6) is 0 Å². The Morgan fingerprint density at radius 3 is 3.00 bits per heavy atom. The summed E-state index contributed by atoms with van der Waals surface area (Å²) in [6.07, 6.45) is 5.05. The van der Waals surface area contributed by atoms with Gasteiger partial charge in [-0.1, -0.05) is 13.3 Å². The monoisotopic (exact) mass is 302 g/mol. The number of rotatable bonds is 4. The standard InChI is InChI=1S/C15H18N4OS/c1-2-4-10-7-9(8-13(16)17-10)14(20)19-15-18-11-5-3-6-12(11)21-15/h7-8H,2-6H2,1H3,(H2,16,17)(H,18,19,20). The van der Waals surface area contributed by atoms with E-state index in [-0.39, 0.29) is 5.91 Å². The average molecular weight is 302 g/mol. The average Bonchev–Trinajstić information content (AvgIpc) is 2.99. The number of nitrogen functional groups attached to an aromatic ring is 1. The van der Waals surface area contributed by atoms with E-state index in [9.17, 15) is 4.79 Å². The highest BCUT2D eigenvalue weighted by Gasteiger charge is 2.18. The normalized spacial score (nSPS) is 13.2. The van der Waals surface area contributed by atoms with E-state index in [1.165, 1.54) is 11.3 Å². The van der Waals surface area contributed by atoms with E-state index in [4.69, 9.17) is 5.73 Å². The number of aryl methyl sites for hydroxylation is 3. The van der Waals surface area contributed by atoms with Crippen LogP contribution in [0.4, 0.5) is 10.9 Å². The number of aromatic nitrogens is 2. The Kier molecular flexibility index (Phi) is 3.88. The van der Waals surface area contributed by atoms with Crippen molar-refractivity contribution in [3.05, 3.63) is 34.0 Å². The van der Waals surface area contributed by atoms with Gasteiger partial charge in [-0.3, -0.25) is 10.1 Å². The second-order valence-electron chi connectivity index (χ2n) is 5.22. The van der Waals surface area contributed by atoms with Crippen molar-refractivity contribution in [1.29, 1.82) is 0 Å². The summed E-state index contributed by atoms with van der Waals surface area (Å²) in [6, 6.07) is 3.41. The van der Waals surface area contributed by atoms with Gasteiger partial charge in [0.05, 0.1) is 5.69 Å². The Bertz CT molecular complexity index is 659. The lowest BCUT2D eigenvalue weighted by molar-refractivity contribution is 0.102. The zero-order valence-corrected chi connectivity index (χ0v) is 12.8. The molecule has 6 heteroatoms. The van der Waals surface area contributed by atoms with E-state index in [0.29, 0.717) is 16.5 Å². The maximum Gasteiger partial charge on any atom is 0.257 e. The number of fused-ring (bicyclic) bond motifs is 1. The van der Waals surface area contributed by atoms with Gasteiger partial charge in [-0.25, -0.2) is 9.97 Å². The topological polar surface area (TPSA) is 80.9 Å². The highest BCUT2D eigenvalue weighted by Crippen LogP contribution is 2.30. The first kappa shape index (κ1) is 14.0. The van der Waals surface area contributed by atoms with Crippen LogP contribution >= 0.6 is 11.3 Å². The van der Waals surface area contributed by atoms with Crippen molar-refractivity contribution in [3.63, 3.8) is 0 Å². The summed E-state index contributed by atoms with van der Waals surface area (Å²) >= 11 is 1.57. The first-order valence-electron chi connectivity index (χ1n) is 7.22. The molecule has 3 N–H and O–H groups in total. The van der Waals surface area contributed by atoms with Crippen LogP contribution in [0.1, 0.15) is 46.4 Å². The molecule has 2 heterocycles. The van der Waals surface area contributed by atoms with Crippen molar-refractivity contribution in [1.82, 2.24) is 9.97 Å². The number of nitrogens with one attached hydrogen (secondary N) is 1. The molecule has 0 bridgehead atoms. The first-order chi connectivity index (χ1) is 10.2. The van der Waals surface area contributed by atoms with Crippen molar-refractivity contribution in [3.8, 4) is 0 Å². The number of carbonyl (C=O) groups is 1. The number of anilines is 2. The van der Waals surface area contributed by atoms with Crippen molar-refractivity contribution in [2.75, 3.05) is 11.1 Å². The molecule has 0 saturated carbocycles. The van der Waals surface area contributed by atoms with Gasteiger partial charge in [-0.05, 0) is 37.8 Å². The Morgan fingerprint density at radius 2 is 2.24 bits per heavy atom. The summed E-state index contributed by atoms with van der Waals surface area (Å²) < 4.78 is 0. The molecule has 1 aliphatic rings. The maximum absolute atomic E-state index is 12.3. The summed E-state index contributed by atoms with van der Waals surface area (Å²) in [5.41, 5.74) is 8.31. The molecule has 1 amide bonds. The molecule has 21 heavy (non-hydrogen) atoms. The van der Waals surface area contributed by atoms with Crippen molar-refractivity contribution in [2.45, 2.75) is 39.0 Å². The summed E-state index contributed by atoms with van der Waals surface area (Å²) in [5.74, 6) is 0.210. The SMILES string of the molecule is CCCc1cc(C(=O)Nc2nc3c(s2)CCC3)cc(N)n1. The minimum atomic E-state index is -0.172. The van der Waals surface area contributed by atoms with Crippen LogP contribution in [-0.4, -0.2) is 15.9 Å². The molecular weight excluding hydrogens is 284 g/mol. The van der Waals surface area contributed by atoms with Crippen LogP contribution in [-0.2, 0) is 19.3 Å². The van der Waals surface area contributed by atoms with Gasteiger partial charge in [0, 0.05) is 16.1 Å². The molecule has 0 spiro atoms. The molecule has 0 atom stereocenters. The summed E-state index contributed by atoms with van der Waals surface area (Å²) in [7, 11) is 0. The number of amides is 1. The molecule has 0 unspecified atom stereocenters. The lowest BCUT2D eigenvalue weighted by Crippen LogP contribution is -2.13. The first-order valence-corrected chi connectivity index (χ1v) is 8.03. The summed E-state index contributed by atoms with van der Waals surface area (Å²) in [5, 5.41) is 3.55. The van der Waals surface area contributed by atoms with Gasteiger partial charge < -0.3 is 5.73 Å². The van der Waals surface area contributed by atoms with Crippen molar-refractivity contribution >= 4 is 28.2 Å². The Balaban J connectivity index is 1.78. The third kappa shape index (κ3) is 3.05. The van der Waals surface area contributed by atoms with E-state index in [1.54, 1.807) is 23.5 Å². The fraction of sp³-hybridized carbons (Fsp3) is 0.400. The van der Waals surface area contributed by atoms with E-state index in [1.807, 2.05) is 0 Å². The van der Waals surface area contributed by atoms with Gasteiger partial charge in [-0.15, -0.1) is 11.3 Å². The molecule has 0 radical (unpaired) electrons. The number of nitrogens with zero attached hydrogens (tertiary/aromatic N) is 2. The number of hydrogen-bond donors (Lipinski definition) is 2. The molecule has 2 aromatic heterocycles. The highest BCUT2D eigenvalue weighted by atomic mass is 32.1. The molecule has 1 aliphatic carbocycles. The van der Waals surface area contributed by atoms with Crippen molar-refractivity contribution in [2.24, 2.45) is 0 Å². The number of nitrogens with two attached hydrogens (primary N) is 1. The van der Waals surface area contributed by atoms with E-state index in [2.05, 4.69) is 22.2 Å². The van der Waals surface area contributed by atoms with Crippen LogP contribution in [0, 0.1) is 0 Å². The largest absolute Gasteiger partial charge is 0.384 e. The quantitative estimate of drug-likeness (QED) is 0.910. The number of hydrogen-bond acceptors (Lipinski definition) is 5. The zero-order chi connectivity index (χ0) is 14.8. The van der Waals surface area contributed by atoms with Gasteiger partial charge in [-0.2, -0.15) is 0 Å². The third-order valence-corrected chi connectivity index (χ3v) is 4.56. The van der Waals surface area contributed by atoms with Gasteiger partial charge in [0.15, 0.2) is 5.13 Å². The van der Waals surface area contributed by atoms with Gasteiger partial charge in [0.2, 0.25) is 0 Å². The lowest BCUT2D eigenvalue weighted by Gasteiger charge is -2.06. The smallest absolute Gasteiger partial charge is 0.257 e. The Hall–Kier alpha value is -1.95. The number of carbonyl (C=O) groups excluding carboxylic acids is 1. The molecule has 3 rings (SSSR count). The van der Waals surface area contributed by atoms with Crippen LogP contribution in [0.3, 0.4) is 0 Å². The number of thiazole rings is 1. The summed E-state index contributed by atoms with van der Waals surface area (Å²) in [6.45, 7) is 2.07. The van der Waals surface area contributed by atoms with Crippen LogP contribution < -0.4 is 11.1 Å². The minimum Gasteiger partial charge on any atom is -0.384 e. The van der Waals surface area contributed by atoms with Crippen molar-refractivity contribution < 1.29 is 4.79 Å². The molecule has 0 saturated heterocycles. The third-order valence-electron chi connectivity index (χ3n) is 3.48. The predicted octanol–water partition coefficient (Wildman–Crippen LogP) is 2.81. The minimum absolute atomic E-state index is 0.172. The molecule has 0 aromatic carbocycles. The highest BCUT2D eigenvalue weighted by molar-refractivity contribution is 7.15. The fourth-order valence-electron chi connectivity index (χ4n) is 2.54. The molecule has 0 fully saturated rings. The van der Waals surface area contributed by atoms with Gasteiger partial charge >= 0.3 is 0 Å². The second kappa shape index (κ2) is 5.81. The predicted molar refractivity (Wildman–Crippen MR) is 84.7 cm³/mol.